The van der Waals surface area contributed by atoms with E-state index in [1.165, 1.54) is 20.5 Å². The summed E-state index contributed by atoms with van der Waals surface area (Å²) in [5, 5.41) is 18.6. The van der Waals surface area contributed by atoms with Crippen molar-refractivity contribution in [1.29, 1.82) is 5.26 Å². The summed E-state index contributed by atoms with van der Waals surface area (Å²) < 4.78 is 21.6. The molecule has 0 spiro atoms. The lowest BCUT2D eigenvalue weighted by molar-refractivity contribution is -0.149. The lowest BCUT2D eigenvalue weighted by Gasteiger charge is -2.35. The predicted octanol–water partition coefficient (Wildman–Crippen LogP) is 1.85. The summed E-state index contributed by atoms with van der Waals surface area (Å²) in [6, 6.07) is 5.51. The number of furan rings is 1. The molecule has 1 saturated heterocycles. The molecule has 2 aromatic rings. The van der Waals surface area contributed by atoms with Gasteiger partial charge >= 0.3 is 0 Å². The van der Waals surface area contributed by atoms with Crippen LogP contribution in [-0.4, -0.2) is 74.2 Å². The van der Waals surface area contributed by atoms with Crippen LogP contribution in [0.1, 0.15) is 25.0 Å². The Bertz CT molecular complexity index is 863. The Kier molecular flexibility index (Phi) is 8.06. The number of anilines is 1. The minimum absolute atomic E-state index is 0.00723. The molecule has 168 valence electrons. The third-order valence-corrected chi connectivity index (χ3v) is 5.37. The molecule has 1 aliphatic heterocycles. The second-order valence-corrected chi connectivity index (χ2v) is 7.29. The number of oxazole rings is 1. The molecule has 31 heavy (non-hydrogen) atoms. The Labute approximate surface area is 180 Å². The van der Waals surface area contributed by atoms with Crippen molar-refractivity contribution in [2.45, 2.75) is 25.6 Å². The summed E-state index contributed by atoms with van der Waals surface area (Å²) in [7, 11) is 3.06. The first-order valence-corrected chi connectivity index (χ1v) is 10.3. The summed E-state index contributed by atoms with van der Waals surface area (Å²) in [4.78, 5) is 21.0. The van der Waals surface area contributed by atoms with Crippen LogP contribution in [0.2, 0.25) is 0 Å². The predicted molar refractivity (Wildman–Crippen MR) is 110 cm³/mol. The molecule has 0 radical (unpaired) electrons. The number of rotatable bonds is 10. The third-order valence-electron chi connectivity index (χ3n) is 5.37. The molecule has 3 rings (SSSR count). The van der Waals surface area contributed by atoms with E-state index in [0.717, 1.165) is 0 Å². The number of piperidine rings is 1. The molecule has 10 heteroatoms. The van der Waals surface area contributed by atoms with Crippen LogP contribution in [0.3, 0.4) is 0 Å². The van der Waals surface area contributed by atoms with Gasteiger partial charge in [-0.05, 0) is 31.4 Å². The first-order valence-electron chi connectivity index (χ1n) is 10.3. The maximum atomic E-state index is 13.1. The number of nitriles is 1. The number of methoxy groups -OCH3 is 2. The van der Waals surface area contributed by atoms with Crippen LogP contribution >= 0.6 is 0 Å². The van der Waals surface area contributed by atoms with Crippen molar-refractivity contribution in [3.63, 3.8) is 0 Å². The van der Waals surface area contributed by atoms with Crippen molar-refractivity contribution in [3.8, 4) is 17.7 Å². The Morgan fingerprint density at radius 3 is 2.74 bits per heavy atom. The van der Waals surface area contributed by atoms with E-state index in [-0.39, 0.29) is 30.0 Å². The van der Waals surface area contributed by atoms with E-state index in [4.69, 9.17) is 18.3 Å². The van der Waals surface area contributed by atoms with Gasteiger partial charge < -0.3 is 33.2 Å². The zero-order valence-corrected chi connectivity index (χ0v) is 17.8. The van der Waals surface area contributed by atoms with Gasteiger partial charge in [-0.3, -0.25) is 4.79 Å². The Hall–Kier alpha value is -2.87. The average Bonchev–Trinajstić information content (AvgIpc) is 3.49. The molecule has 10 nitrogen and oxygen atoms in total. The van der Waals surface area contributed by atoms with Gasteiger partial charge in [0.2, 0.25) is 17.5 Å². The fourth-order valence-corrected chi connectivity index (χ4v) is 3.67. The summed E-state index contributed by atoms with van der Waals surface area (Å²) in [5.41, 5.74) is 0.198. The molecule has 1 aliphatic rings. The fourth-order valence-electron chi connectivity index (χ4n) is 3.67. The van der Waals surface area contributed by atoms with Crippen molar-refractivity contribution < 1.29 is 28.2 Å². The van der Waals surface area contributed by atoms with Crippen molar-refractivity contribution in [1.82, 2.24) is 9.88 Å². The molecular weight excluding hydrogens is 404 g/mol. The number of nitrogens with zero attached hydrogens (tertiary/aromatic N) is 4. The molecule has 0 atom stereocenters. The second-order valence-electron chi connectivity index (χ2n) is 7.29. The minimum atomic E-state index is -0.518. The monoisotopic (exact) mass is 432 g/mol. The zero-order chi connectivity index (χ0) is 22.2. The quantitative estimate of drug-likeness (QED) is 0.560. The number of amides is 1. The SMILES string of the molecule is COC(CN(CCCO)C(=O)C1CCN(c2oc(-c3ccco3)nc2C#N)CC1)OC. The minimum Gasteiger partial charge on any atom is -0.459 e. The van der Waals surface area contributed by atoms with Gasteiger partial charge in [0.15, 0.2) is 12.1 Å². The molecular formula is C21H28N4O6. The Morgan fingerprint density at radius 2 is 2.16 bits per heavy atom. The van der Waals surface area contributed by atoms with Crippen LogP contribution in [0.25, 0.3) is 11.7 Å². The molecule has 3 heterocycles. The number of carbonyl (C=O) groups is 1. The van der Waals surface area contributed by atoms with Gasteiger partial charge in [-0.15, -0.1) is 0 Å². The number of hydrogen-bond acceptors (Lipinski definition) is 9. The van der Waals surface area contributed by atoms with Gasteiger partial charge in [0.05, 0.1) is 12.8 Å². The molecule has 1 N–H and O–H groups in total. The first-order chi connectivity index (χ1) is 15.1. The van der Waals surface area contributed by atoms with Crippen molar-refractivity contribution in [2.75, 3.05) is 51.9 Å². The summed E-state index contributed by atoms with van der Waals surface area (Å²) in [6.07, 6.45) is 2.71. The van der Waals surface area contributed by atoms with Gasteiger partial charge in [0, 0.05) is 46.4 Å². The van der Waals surface area contributed by atoms with Gasteiger partial charge in [-0.2, -0.15) is 10.2 Å². The van der Waals surface area contributed by atoms with Crippen LogP contribution in [0.15, 0.2) is 27.2 Å². The standard InChI is InChI=1S/C21H28N4O6/c1-28-18(29-2)14-25(8-4-11-26)20(27)15-6-9-24(10-7-15)21-16(13-22)23-19(31-21)17-5-3-12-30-17/h3,5,12,15,18,26H,4,6-11,14H2,1-2H3. The Morgan fingerprint density at radius 1 is 1.42 bits per heavy atom. The van der Waals surface area contributed by atoms with E-state index in [1.807, 2.05) is 4.90 Å². The molecule has 2 aromatic heterocycles. The third kappa shape index (κ3) is 5.44. The molecule has 0 aliphatic carbocycles. The van der Waals surface area contributed by atoms with E-state index in [2.05, 4.69) is 11.1 Å². The van der Waals surface area contributed by atoms with E-state index in [0.29, 0.717) is 57.1 Å². The fraction of sp³-hybridized carbons (Fsp3) is 0.571. The number of aromatic nitrogens is 1. The number of aliphatic hydroxyl groups is 1. The highest BCUT2D eigenvalue weighted by Gasteiger charge is 2.32. The topological polar surface area (TPSA) is 125 Å². The lowest BCUT2D eigenvalue weighted by Crippen LogP contribution is -2.46. The first kappa shape index (κ1) is 22.8. The molecule has 0 bridgehead atoms. The molecule has 0 unspecified atom stereocenters. The normalized spacial score (nSPS) is 14.7. The van der Waals surface area contributed by atoms with Gasteiger partial charge in [0.25, 0.3) is 5.89 Å². The summed E-state index contributed by atoms with van der Waals surface area (Å²) in [5.74, 6) is 0.966. The van der Waals surface area contributed by atoms with Crippen LogP contribution in [0.5, 0.6) is 0 Å². The lowest BCUT2D eigenvalue weighted by atomic mass is 9.95. The second kappa shape index (κ2) is 10.9. The van der Waals surface area contributed by atoms with Gasteiger partial charge in [-0.25, -0.2) is 0 Å². The van der Waals surface area contributed by atoms with E-state index in [9.17, 15) is 15.2 Å². The number of hydrogen-bond donors (Lipinski definition) is 1. The van der Waals surface area contributed by atoms with Crippen LogP contribution in [0.4, 0.5) is 5.88 Å². The number of aliphatic hydroxyl groups excluding tert-OH is 1. The number of carbonyl (C=O) groups excluding carboxylic acids is 1. The largest absolute Gasteiger partial charge is 0.459 e. The van der Waals surface area contributed by atoms with Crippen molar-refractivity contribution in [3.05, 3.63) is 24.1 Å². The van der Waals surface area contributed by atoms with Crippen molar-refractivity contribution in [2.24, 2.45) is 5.92 Å². The van der Waals surface area contributed by atoms with E-state index in [1.54, 1.807) is 17.0 Å². The smallest absolute Gasteiger partial charge is 0.266 e. The molecule has 1 fully saturated rings. The highest BCUT2D eigenvalue weighted by molar-refractivity contribution is 5.79. The maximum Gasteiger partial charge on any atom is 0.266 e. The number of ether oxygens (including phenoxy) is 2. The maximum absolute atomic E-state index is 13.1. The summed E-state index contributed by atoms with van der Waals surface area (Å²) in [6.45, 7) is 1.87. The molecule has 0 saturated carbocycles. The highest BCUT2D eigenvalue weighted by Crippen LogP contribution is 2.31. The zero-order valence-electron chi connectivity index (χ0n) is 17.8. The van der Waals surface area contributed by atoms with Crippen molar-refractivity contribution >= 4 is 11.8 Å². The van der Waals surface area contributed by atoms with Crippen LogP contribution in [0, 0.1) is 17.2 Å². The molecule has 1 amide bonds. The van der Waals surface area contributed by atoms with Gasteiger partial charge in [0.1, 0.15) is 6.07 Å². The molecule has 0 aromatic carbocycles. The average molecular weight is 432 g/mol. The summed E-state index contributed by atoms with van der Waals surface area (Å²) >= 11 is 0. The van der Waals surface area contributed by atoms with E-state index >= 15 is 0 Å². The highest BCUT2D eigenvalue weighted by atomic mass is 16.7. The Balaban J connectivity index is 1.65. The van der Waals surface area contributed by atoms with Crippen LogP contribution in [-0.2, 0) is 14.3 Å². The van der Waals surface area contributed by atoms with E-state index < -0.39 is 6.29 Å². The van der Waals surface area contributed by atoms with Gasteiger partial charge in [-0.1, -0.05) is 0 Å². The van der Waals surface area contributed by atoms with Crippen LogP contribution < -0.4 is 4.90 Å².